The van der Waals surface area contributed by atoms with E-state index in [9.17, 15) is 14.7 Å². The maximum absolute atomic E-state index is 12.6. The molecule has 0 bridgehead atoms. The molecule has 2 heterocycles. The number of carbonyl (C=O) groups excluding carboxylic acids is 1. The highest BCUT2D eigenvalue weighted by Crippen LogP contribution is 2.37. The lowest BCUT2D eigenvalue weighted by atomic mass is 9.96. The van der Waals surface area contributed by atoms with Crippen molar-refractivity contribution in [1.82, 2.24) is 4.98 Å². The van der Waals surface area contributed by atoms with Crippen molar-refractivity contribution in [1.29, 1.82) is 0 Å². The Morgan fingerprint density at radius 2 is 1.96 bits per heavy atom. The van der Waals surface area contributed by atoms with Gasteiger partial charge in [-0.05, 0) is 13.0 Å². The predicted molar refractivity (Wildman–Crippen MR) is 109 cm³/mol. The van der Waals surface area contributed by atoms with Crippen LogP contribution in [0.5, 0.6) is 0 Å². The van der Waals surface area contributed by atoms with E-state index in [1.807, 2.05) is 48.7 Å². The average molecular weight is 412 g/mol. The summed E-state index contributed by atoms with van der Waals surface area (Å²) in [7, 11) is 0. The summed E-state index contributed by atoms with van der Waals surface area (Å²) in [5.41, 5.74) is 3.42. The molecule has 0 fully saturated rings. The number of nitrogens with one attached hydrogen (secondary N) is 1. The smallest absolute Gasteiger partial charge is 0.345 e. The number of nitrogens with zero attached hydrogens (tertiary/aromatic N) is 1. The second kappa shape index (κ2) is 7.31. The number of halogens is 1. The molecule has 2 N–H and O–H groups in total. The minimum Gasteiger partial charge on any atom is -0.477 e. The fourth-order valence-corrected chi connectivity index (χ4v) is 4.41. The van der Waals surface area contributed by atoms with Gasteiger partial charge in [0.15, 0.2) is 5.57 Å². The summed E-state index contributed by atoms with van der Waals surface area (Å²) >= 11 is 7.95. The lowest BCUT2D eigenvalue weighted by Crippen LogP contribution is -3.03. The van der Waals surface area contributed by atoms with Gasteiger partial charge in [-0.15, -0.1) is 11.3 Å². The second-order valence-corrected chi connectivity index (χ2v) is 7.62. The summed E-state index contributed by atoms with van der Waals surface area (Å²) in [6.45, 7) is 2.53. The number of hydrogen-bond donors (Lipinski definition) is 2. The SMILES string of the molecule is CC[NH+]1C=C(C(=O)O)C(=O)c2cc(Cl)c(-c3nc(-c4ccccc4)cs3)cc21. The zero-order valence-corrected chi connectivity index (χ0v) is 16.5. The zero-order valence-electron chi connectivity index (χ0n) is 14.9. The van der Waals surface area contributed by atoms with Crippen molar-refractivity contribution in [2.75, 3.05) is 6.54 Å². The molecule has 7 heteroatoms. The Morgan fingerprint density at radius 1 is 1.21 bits per heavy atom. The van der Waals surface area contributed by atoms with Crippen LogP contribution in [0.25, 0.3) is 21.8 Å². The van der Waals surface area contributed by atoms with Gasteiger partial charge in [0.2, 0.25) is 5.78 Å². The Hall–Kier alpha value is -2.80. The Labute approximate surface area is 170 Å². The Bertz CT molecular complexity index is 1120. The molecule has 4 rings (SSSR count). The van der Waals surface area contributed by atoms with Crippen LogP contribution in [-0.2, 0) is 4.79 Å². The number of aromatic nitrogens is 1. The zero-order chi connectivity index (χ0) is 19.8. The summed E-state index contributed by atoms with van der Waals surface area (Å²) in [5.74, 6) is -1.74. The number of aliphatic carboxylic acids is 1. The minimum absolute atomic E-state index is 0.228. The first-order valence-corrected chi connectivity index (χ1v) is 9.96. The third-order valence-corrected chi connectivity index (χ3v) is 5.86. The molecule has 0 spiro atoms. The number of fused-ring (bicyclic) bond motifs is 1. The van der Waals surface area contributed by atoms with Gasteiger partial charge in [0.05, 0.1) is 22.8 Å². The van der Waals surface area contributed by atoms with Crippen molar-refractivity contribution in [3.63, 3.8) is 0 Å². The van der Waals surface area contributed by atoms with Crippen molar-refractivity contribution >= 4 is 40.4 Å². The van der Waals surface area contributed by atoms with Gasteiger partial charge in [-0.3, -0.25) is 9.69 Å². The Balaban J connectivity index is 1.80. The first-order valence-electron chi connectivity index (χ1n) is 8.70. The van der Waals surface area contributed by atoms with Crippen molar-refractivity contribution < 1.29 is 19.6 Å². The van der Waals surface area contributed by atoms with Crippen LogP contribution in [0.1, 0.15) is 17.3 Å². The topological polar surface area (TPSA) is 71.7 Å². The van der Waals surface area contributed by atoms with Gasteiger partial charge < -0.3 is 5.11 Å². The summed E-state index contributed by atoms with van der Waals surface area (Å²) in [6, 6.07) is 13.3. The number of thiazole rings is 1. The number of Topliss-reactive ketones (excluding diaryl/α,β-unsaturated/α-hetero) is 1. The van der Waals surface area contributed by atoms with Gasteiger partial charge in [0, 0.05) is 22.6 Å². The normalized spacial score (nSPS) is 15.9. The molecule has 0 amide bonds. The van der Waals surface area contributed by atoms with Gasteiger partial charge in [-0.25, -0.2) is 9.78 Å². The third kappa shape index (κ3) is 3.16. The molecule has 1 atom stereocenters. The predicted octanol–water partition coefficient (Wildman–Crippen LogP) is 3.83. The van der Waals surface area contributed by atoms with Crippen LogP contribution in [0, 0.1) is 0 Å². The summed E-state index contributed by atoms with van der Waals surface area (Å²) < 4.78 is 0. The summed E-state index contributed by atoms with van der Waals surface area (Å²) in [5, 5.41) is 12.4. The molecule has 1 aromatic heterocycles. The molecule has 3 aromatic rings. The highest BCUT2D eigenvalue weighted by atomic mass is 35.5. The number of carboxylic acids is 1. The fourth-order valence-electron chi connectivity index (χ4n) is 3.24. The van der Waals surface area contributed by atoms with E-state index in [4.69, 9.17) is 16.6 Å². The van der Waals surface area contributed by atoms with Crippen LogP contribution >= 0.6 is 22.9 Å². The molecule has 140 valence electrons. The van der Waals surface area contributed by atoms with Gasteiger partial charge in [0.25, 0.3) is 0 Å². The monoisotopic (exact) mass is 411 g/mol. The Kier molecular flexibility index (Phi) is 4.85. The maximum atomic E-state index is 12.6. The number of hydrogen-bond acceptors (Lipinski definition) is 4. The third-order valence-electron chi connectivity index (χ3n) is 4.68. The van der Waals surface area contributed by atoms with Gasteiger partial charge in [-0.2, -0.15) is 0 Å². The maximum Gasteiger partial charge on any atom is 0.345 e. The van der Waals surface area contributed by atoms with Crippen LogP contribution in [0.15, 0.2) is 59.6 Å². The number of carboxylic acid groups (broad SMARTS) is 1. The van der Waals surface area contributed by atoms with Crippen LogP contribution in [0.2, 0.25) is 5.02 Å². The molecule has 0 radical (unpaired) electrons. The standard InChI is InChI=1S/C21H15ClN2O3S/c1-2-24-10-15(21(26)27)19(25)14-8-16(22)13(9-18(14)24)20-23-17(11-28-20)12-6-4-3-5-7-12/h3-11H,2H2,1H3,(H,26,27)/p+1. The number of benzene rings is 2. The molecule has 0 aliphatic carbocycles. The Morgan fingerprint density at radius 3 is 2.64 bits per heavy atom. The van der Waals surface area contributed by atoms with Crippen LogP contribution < -0.4 is 4.90 Å². The first kappa shape index (κ1) is 18.6. The summed E-state index contributed by atoms with van der Waals surface area (Å²) in [4.78, 5) is 29.5. The molecule has 5 nitrogen and oxygen atoms in total. The van der Waals surface area contributed by atoms with E-state index in [-0.39, 0.29) is 5.57 Å². The molecule has 2 aromatic carbocycles. The highest BCUT2D eigenvalue weighted by Gasteiger charge is 2.34. The number of ketones is 1. The lowest BCUT2D eigenvalue weighted by molar-refractivity contribution is -0.773. The number of rotatable bonds is 4. The molecule has 28 heavy (non-hydrogen) atoms. The van der Waals surface area contributed by atoms with E-state index in [0.717, 1.165) is 26.7 Å². The van der Waals surface area contributed by atoms with E-state index in [1.165, 1.54) is 17.5 Å². The number of quaternary nitrogens is 1. The first-order chi connectivity index (χ1) is 13.5. The molecule has 1 aliphatic rings. The van der Waals surface area contributed by atoms with Crippen molar-refractivity contribution in [3.05, 3.63) is 70.2 Å². The molecule has 1 aliphatic heterocycles. The van der Waals surface area contributed by atoms with Crippen LogP contribution in [0.4, 0.5) is 5.69 Å². The fraction of sp³-hybridized carbons (Fsp3) is 0.0952. The lowest BCUT2D eigenvalue weighted by Gasteiger charge is -2.21. The van der Waals surface area contributed by atoms with Gasteiger partial charge in [-0.1, -0.05) is 41.9 Å². The number of carbonyl (C=O) groups is 2. The largest absolute Gasteiger partial charge is 0.477 e. The van der Waals surface area contributed by atoms with E-state index in [0.29, 0.717) is 22.8 Å². The summed E-state index contributed by atoms with van der Waals surface area (Å²) in [6.07, 6.45) is 1.46. The van der Waals surface area contributed by atoms with E-state index in [1.54, 1.807) is 6.07 Å². The van der Waals surface area contributed by atoms with E-state index >= 15 is 0 Å². The van der Waals surface area contributed by atoms with E-state index in [2.05, 4.69) is 0 Å². The average Bonchev–Trinajstić information content (AvgIpc) is 3.18. The molecule has 1 unspecified atom stereocenters. The molecule has 0 saturated carbocycles. The van der Waals surface area contributed by atoms with E-state index < -0.39 is 11.8 Å². The van der Waals surface area contributed by atoms with Crippen LogP contribution in [0.3, 0.4) is 0 Å². The van der Waals surface area contributed by atoms with Crippen LogP contribution in [-0.4, -0.2) is 28.4 Å². The minimum atomic E-state index is -1.23. The van der Waals surface area contributed by atoms with Crippen molar-refractivity contribution in [2.24, 2.45) is 0 Å². The van der Waals surface area contributed by atoms with Gasteiger partial charge in [0.1, 0.15) is 16.9 Å². The highest BCUT2D eigenvalue weighted by molar-refractivity contribution is 7.13. The second-order valence-electron chi connectivity index (χ2n) is 6.35. The molecular formula is C21H16ClN2O3S+. The quantitative estimate of drug-likeness (QED) is 0.640. The van der Waals surface area contributed by atoms with Crippen molar-refractivity contribution in [3.8, 4) is 21.8 Å². The van der Waals surface area contributed by atoms with Gasteiger partial charge >= 0.3 is 5.97 Å². The molecular weight excluding hydrogens is 396 g/mol. The molecule has 0 saturated heterocycles. The van der Waals surface area contributed by atoms with Crippen molar-refractivity contribution in [2.45, 2.75) is 6.92 Å².